The van der Waals surface area contributed by atoms with Crippen molar-refractivity contribution in [1.82, 2.24) is 4.90 Å². The Morgan fingerprint density at radius 2 is 2.04 bits per heavy atom. The minimum atomic E-state index is -1.40. The van der Waals surface area contributed by atoms with Crippen LogP contribution in [0, 0.1) is 0 Å². The molecule has 0 saturated carbocycles. The molecule has 1 aliphatic heterocycles. The number of aliphatic carboxylic acids is 1. The van der Waals surface area contributed by atoms with Crippen molar-refractivity contribution in [3.05, 3.63) is 51.9 Å². The van der Waals surface area contributed by atoms with E-state index in [0.717, 1.165) is 22.2 Å². The number of carbonyl (C=O) groups is 2. The minimum Gasteiger partial charge on any atom is -0.480 e. The molecule has 1 aliphatic rings. The van der Waals surface area contributed by atoms with Gasteiger partial charge in [-0.3, -0.25) is 9.69 Å². The number of halogens is 1. The highest BCUT2D eigenvalue weighted by atomic mass is 35.5. The van der Waals surface area contributed by atoms with Gasteiger partial charge in [0, 0.05) is 5.03 Å². The second kappa shape index (κ2) is 7.74. The van der Waals surface area contributed by atoms with Crippen LogP contribution in [0.15, 0.2) is 46.3 Å². The van der Waals surface area contributed by atoms with Crippen molar-refractivity contribution < 1.29 is 19.8 Å². The number of benzene rings is 1. The first kappa shape index (κ1) is 17.7. The monoisotopic (exact) mass is 369 g/mol. The Hall–Kier alpha value is -1.67. The summed E-state index contributed by atoms with van der Waals surface area (Å²) in [6, 6.07) is 7.89. The maximum atomic E-state index is 12.3. The molecule has 0 bridgehead atoms. The summed E-state index contributed by atoms with van der Waals surface area (Å²) >= 11 is 12.1. The van der Waals surface area contributed by atoms with Crippen LogP contribution in [0.25, 0.3) is 6.08 Å². The summed E-state index contributed by atoms with van der Waals surface area (Å²) in [6.45, 7) is -0.720. The molecule has 1 aromatic rings. The second-order valence-corrected chi connectivity index (χ2v) is 6.64. The van der Waals surface area contributed by atoms with E-state index < -0.39 is 24.5 Å². The van der Waals surface area contributed by atoms with Gasteiger partial charge < -0.3 is 10.2 Å². The molecule has 0 radical (unpaired) electrons. The Labute approximate surface area is 147 Å². The zero-order valence-corrected chi connectivity index (χ0v) is 14.1. The van der Waals surface area contributed by atoms with Gasteiger partial charge >= 0.3 is 5.97 Å². The fourth-order valence-electron chi connectivity index (χ4n) is 1.89. The second-order valence-electron chi connectivity index (χ2n) is 4.53. The fraction of sp³-hybridized carbons (Fsp3) is 0.133. The smallest absolute Gasteiger partial charge is 0.329 e. The summed E-state index contributed by atoms with van der Waals surface area (Å²) in [4.78, 5) is 24.5. The Bertz CT molecular complexity index is 703. The number of thioether (sulfide) groups is 1. The molecule has 23 heavy (non-hydrogen) atoms. The number of carbonyl (C=O) groups excluding carboxylic acids is 1. The van der Waals surface area contributed by atoms with Crippen molar-refractivity contribution in [2.75, 3.05) is 6.61 Å². The normalized spacial score (nSPS) is 18.6. The van der Waals surface area contributed by atoms with Crippen molar-refractivity contribution in [2.24, 2.45) is 0 Å². The third-order valence-corrected chi connectivity index (χ3v) is 4.51. The minimum absolute atomic E-state index is 0.0758. The van der Waals surface area contributed by atoms with Gasteiger partial charge in [-0.2, -0.15) is 0 Å². The van der Waals surface area contributed by atoms with Crippen molar-refractivity contribution in [2.45, 2.75) is 6.04 Å². The van der Waals surface area contributed by atoms with Gasteiger partial charge in [-0.1, -0.05) is 65.9 Å². The molecule has 0 aliphatic carbocycles. The Kier molecular flexibility index (Phi) is 5.95. The highest BCUT2D eigenvalue weighted by molar-refractivity contribution is 8.26. The average Bonchev–Trinajstić information content (AvgIpc) is 2.76. The Morgan fingerprint density at radius 3 is 2.61 bits per heavy atom. The van der Waals surface area contributed by atoms with Crippen LogP contribution in [0.2, 0.25) is 0 Å². The van der Waals surface area contributed by atoms with Crippen molar-refractivity contribution in [3.8, 4) is 0 Å². The van der Waals surface area contributed by atoms with E-state index in [1.807, 2.05) is 30.3 Å². The number of carboxylic acid groups (broad SMARTS) is 1. The van der Waals surface area contributed by atoms with Gasteiger partial charge in [0.1, 0.15) is 4.32 Å². The maximum Gasteiger partial charge on any atom is 0.329 e. The topological polar surface area (TPSA) is 77.8 Å². The highest BCUT2D eigenvalue weighted by Crippen LogP contribution is 2.34. The predicted octanol–water partition coefficient (Wildman–Crippen LogP) is 2.46. The van der Waals surface area contributed by atoms with Crippen LogP contribution in [0.5, 0.6) is 0 Å². The van der Waals surface area contributed by atoms with Crippen molar-refractivity contribution in [1.29, 1.82) is 0 Å². The Balaban J connectivity index is 2.25. The van der Waals surface area contributed by atoms with E-state index in [9.17, 15) is 9.59 Å². The first-order valence-electron chi connectivity index (χ1n) is 6.47. The number of allylic oxidation sites excluding steroid dienone is 2. The zero-order valence-electron chi connectivity index (χ0n) is 11.7. The number of rotatable bonds is 5. The first-order chi connectivity index (χ1) is 10.9. The SMILES string of the molecule is O=C(O)[C@@H](CO)N1C(=O)/C(=C/C(Cl)=C/c2ccccc2)SC1=S. The lowest BCUT2D eigenvalue weighted by Crippen LogP contribution is -2.46. The number of hydrogen-bond acceptors (Lipinski definition) is 5. The van der Waals surface area contributed by atoms with E-state index in [-0.39, 0.29) is 9.23 Å². The summed E-state index contributed by atoms with van der Waals surface area (Å²) in [5.41, 5.74) is 0.864. The fourth-order valence-corrected chi connectivity index (χ4v) is 3.54. The van der Waals surface area contributed by atoms with Crippen LogP contribution in [-0.4, -0.2) is 44.0 Å². The number of nitrogens with zero attached hydrogens (tertiary/aromatic N) is 1. The highest BCUT2D eigenvalue weighted by Gasteiger charge is 2.40. The molecular weight excluding hydrogens is 358 g/mol. The van der Waals surface area contributed by atoms with Gasteiger partial charge in [0.15, 0.2) is 6.04 Å². The van der Waals surface area contributed by atoms with E-state index in [4.69, 9.17) is 34.0 Å². The molecule has 1 amide bonds. The molecule has 8 heteroatoms. The number of hydrogen-bond donors (Lipinski definition) is 2. The lowest BCUT2D eigenvalue weighted by atomic mass is 10.2. The van der Waals surface area contributed by atoms with E-state index in [1.165, 1.54) is 6.08 Å². The Morgan fingerprint density at radius 1 is 1.39 bits per heavy atom. The molecule has 1 aromatic carbocycles. The van der Waals surface area contributed by atoms with Crippen molar-refractivity contribution in [3.63, 3.8) is 0 Å². The molecule has 0 spiro atoms. The van der Waals surface area contributed by atoms with Crippen LogP contribution in [0.1, 0.15) is 5.56 Å². The summed E-state index contributed by atoms with van der Waals surface area (Å²) < 4.78 is 0.0758. The molecule has 1 saturated heterocycles. The quantitative estimate of drug-likeness (QED) is 0.613. The van der Waals surface area contributed by atoms with E-state index in [2.05, 4.69) is 0 Å². The zero-order chi connectivity index (χ0) is 17.0. The molecular formula is C15H12ClNO4S2. The van der Waals surface area contributed by atoms with E-state index in [1.54, 1.807) is 6.08 Å². The lowest BCUT2D eigenvalue weighted by molar-refractivity contribution is -0.146. The van der Waals surface area contributed by atoms with Crippen LogP contribution in [0.4, 0.5) is 0 Å². The number of aliphatic hydroxyl groups excluding tert-OH is 1. The predicted molar refractivity (Wildman–Crippen MR) is 93.9 cm³/mol. The van der Waals surface area contributed by atoms with Crippen molar-refractivity contribution >= 4 is 57.9 Å². The molecule has 2 rings (SSSR count). The summed E-state index contributed by atoms with van der Waals surface area (Å²) in [5.74, 6) is -1.91. The molecule has 1 heterocycles. The molecule has 1 atom stereocenters. The average molecular weight is 370 g/mol. The summed E-state index contributed by atoms with van der Waals surface area (Å²) in [7, 11) is 0. The molecule has 1 fully saturated rings. The van der Waals surface area contributed by atoms with Crippen LogP contribution in [-0.2, 0) is 9.59 Å². The maximum absolute atomic E-state index is 12.3. The molecule has 0 aromatic heterocycles. The number of thiocarbonyl (C=S) groups is 1. The van der Waals surface area contributed by atoms with Gasteiger partial charge in [-0.15, -0.1) is 0 Å². The van der Waals surface area contributed by atoms with Crippen LogP contribution >= 0.6 is 35.6 Å². The lowest BCUT2D eigenvalue weighted by Gasteiger charge is -2.20. The number of carboxylic acids is 1. The van der Waals surface area contributed by atoms with Crippen LogP contribution < -0.4 is 0 Å². The van der Waals surface area contributed by atoms with Gasteiger partial charge in [-0.25, -0.2) is 4.79 Å². The number of aliphatic hydroxyl groups is 1. The third kappa shape index (κ3) is 4.20. The largest absolute Gasteiger partial charge is 0.480 e. The van der Waals surface area contributed by atoms with E-state index >= 15 is 0 Å². The van der Waals surface area contributed by atoms with Crippen LogP contribution in [0.3, 0.4) is 0 Å². The van der Waals surface area contributed by atoms with Gasteiger partial charge in [0.05, 0.1) is 11.5 Å². The first-order valence-corrected chi connectivity index (χ1v) is 8.07. The van der Waals surface area contributed by atoms with Gasteiger partial charge in [-0.05, 0) is 17.7 Å². The van der Waals surface area contributed by atoms with E-state index in [0.29, 0.717) is 5.03 Å². The number of amides is 1. The summed E-state index contributed by atoms with van der Waals surface area (Å²) in [5, 5.41) is 18.5. The molecule has 2 N–H and O–H groups in total. The third-order valence-electron chi connectivity index (χ3n) is 2.97. The van der Waals surface area contributed by atoms with Gasteiger partial charge in [0.2, 0.25) is 0 Å². The molecule has 5 nitrogen and oxygen atoms in total. The standard InChI is InChI=1S/C15H12ClNO4S2/c16-10(6-9-4-2-1-3-5-9)7-12-13(19)17(15(22)23-12)11(8-18)14(20)21/h1-7,11,18H,8H2,(H,20,21)/b10-6-,12-7-/t11-/m1/s1. The molecule has 0 unspecified atom stereocenters. The summed E-state index contributed by atoms with van der Waals surface area (Å²) in [6.07, 6.45) is 3.11. The van der Waals surface area contributed by atoms with Gasteiger partial charge in [0.25, 0.3) is 5.91 Å². The molecule has 120 valence electrons.